The summed E-state index contributed by atoms with van der Waals surface area (Å²) in [4.78, 5) is 14.1. The minimum atomic E-state index is -0.845. The number of hydrogen-bond acceptors (Lipinski definition) is 4. The summed E-state index contributed by atoms with van der Waals surface area (Å²) in [5, 5.41) is 8.47. The minimum Gasteiger partial charge on any atom is -0.481 e. The van der Waals surface area contributed by atoms with Crippen LogP contribution in [-0.2, 0) is 4.79 Å². The van der Waals surface area contributed by atoms with Gasteiger partial charge in [-0.2, -0.15) is 0 Å². The van der Waals surface area contributed by atoms with Crippen molar-refractivity contribution < 1.29 is 9.90 Å². The van der Waals surface area contributed by atoms with E-state index in [2.05, 4.69) is 4.98 Å². The SMILES string of the molecule is Nc1cc(C(N)CCC(=O)O)ccn1. The van der Waals surface area contributed by atoms with Gasteiger partial charge < -0.3 is 16.6 Å². The summed E-state index contributed by atoms with van der Waals surface area (Å²) in [7, 11) is 0. The first-order valence-electron chi connectivity index (χ1n) is 4.28. The maximum Gasteiger partial charge on any atom is 0.303 e. The molecule has 76 valence electrons. The van der Waals surface area contributed by atoms with Gasteiger partial charge in [0, 0.05) is 18.7 Å². The van der Waals surface area contributed by atoms with Gasteiger partial charge in [0.25, 0.3) is 0 Å². The van der Waals surface area contributed by atoms with E-state index in [9.17, 15) is 4.79 Å². The summed E-state index contributed by atoms with van der Waals surface area (Å²) in [6.45, 7) is 0. The van der Waals surface area contributed by atoms with Crippen molar-refractivity contribution in [2.75, 3.05) is 5.73 Å². The Kier molecular flexibility index (Phi) is 3.41. The van der Waals surface area contributed by atoms with E-state index >= 15 is 0 Å². The lowest BCUT2D eigenvalue weighted by Gasteiger charge is -2.10. The number of anilines is 1. The second-order valence-electron chi connectivity index (χ2n) is 3.05. The molecule has 0 aliphatic heterocycles. The zero-order valence-corrected chi connectivity index (χ0v) is 7.68. The lowest BCUT2D eigenvalue weighted by atomic mass is 10.0. The number of nitrogens with zero attached hydrogens (tertiary/aromatic N) is 1. The fraction of sp³-hybridized carbons (Fsp3) is 0.333. The molecule has 0 bridgehead atoms. The Bertz CT molecular complexity index is 328. The molecule has 1 aromatic rings. The highest BCUT2D eigenvalue weighted by Crippen LogP contribution is 2.16. The van der Waals surface area contributed by atoms with Gasteiger partial charge >= 0.3 is 5.97 Å². The third kappa shape index (κ3) is 3.02. The van der Waals surface area contributed by atoms with Crippen LogP contribution in [0, 0.1) is 0 Å². The van der Waals surface area contributed by atoms with Crippen molar-refractivity contribution in [2.45, 2.75) is 18.9 Å². The molecule has 1 heterocycles. The van der Waals surface area contributed by atoms with Crippen LogP contribution in [0.5, 0.6) is 0 Å². The highest BCUT2D eigenvalue weighted by Gasteiger charge is 2.08. The molecule has 0 saturated carbocycles. The van der Waals surface area contributed by atoms with Gasteiger partial charge in [0.1, 0.15) is 5.82 Å². The Morgan fingerprint density at radius 2 is 2.36 bits per heavy atom. The number of hydrogen-bond donors (Lipinski definition) is 3. The molecular weight excluding hydrogens is 182 g/mol. The van der Waals surface area contributed by atoms with Crippen molar-refractivity contribution >= 4 is 11.8 Å². The highest BCUT2D eigenvalue weighted by atomic mass is 16.4. The van der Waals surface area contributed by atoms with Crippen molar-refractivity contribution in [3.8, 4) is 0 Å². The van der Waals surface area contributed by atoms with Crippen LogP contribution in [-0.4, -0.2) is 16.1 Å². The molecule has 1 unspecified atom stereocenters. The van der Waals surface area contributed by atoms with Crippen LogP contribution in [0.4, 0.5) is 5.82 Å². The second-order valence-corrected chi connectivity index (χ2v) is 3.05. The smallest absolute Gasteiger partial charge is 0.303 e. The molecule has 0 aromatic carbocycles. The third-order valence-corrected chi connectivity index (χ3v) is 1.90. The molecule has 5 heteroatoms. The number of aromatic nitrogens is 1. The van der Waals surface area contributed by atoms with Crippen molar-refractivity contribution in [3.05, 3.63) is 23.9 Å². The summed E-state index contributed by atoms with van der Waals surface area (Å²) in [6, 6.07) is 3.10. The molecule has 0 fully saturated rings. The van der Waals surface area contributed by atoms with Gasteiger partial charge in [-0.15, -0.1) is 0 Å². The predicted octanol–water partition coefficient (Wildman–Crippen LogP) is 0.528. The van der Waals surface area contributed by atoms with Crippen LogP contribution in [0.2, 0.25) is 0 Å². The number of aliphatic carboxylic acids is 1. The van der Waals surface area contributed by atoms with Gasteiger partial charge in [-0.05, 0) is 24.1 Å². The maximum atomic E-state index is 10.3. The Hall–Kier alpha value is -1.62. The summed E-state index contributed by atoms with van der Waals surface area (Å²) in [5.74, 6) is -0.448. The largest absolute Gasteiger partial charge is 0.481 e. The molecular formula is C9H13N3O2. The molecule has 1 aromatic heterocycles. The molecule has 0 radical (unpaired) electrons. The van der Waals surface area contributed by atoms with Crippen LogP contribution < -0.4 is 11.5 Å². The number of carboxylic acid groups (broad SMARTS) is 1. The van der Waals surface area contributed by atoms with E-state index < -0.39 is 5.97 Å². The number of nitrogens with two attached hydrogens (primary N) is 2. The van der Waals surface area contributed by atoms with E-state index in [1.807, 2.05) is 0 Å². The van der Waals surface area contributed by atoms with Gasteiger partial charge in [0.05, 0.1) is 0 Å². The summed E-state index contributed by atoms with van der Waals surface area (Å²) >= 11 is 0. The van der Waals surface area contributed by atoms with E-state index in [0.29, 0.717) is 12.2 Å². The number of pyridine rings is 1. The topological polar surface area (TPSA) is 102 Å². The molecule has 0 aliphatic rings. The standard InChI is InChI=1S/C9H13N3O2/c10-7(1-2-9(13)14)6-3-4-12-8(11)5-6/h3-5,7H,1-2,10H2,(H2,11,12)(H,13,14). The van der Waals surface area contributed by atoms with Crippen molar-refractivity contribution in [1.82, 2.24) is 4.98 Å². The average Bonchev–Trinajstić information content (AvgIpc) is 2.14. The van der Waals surface area contributed by atoms with Crippen molar-refractivity contribution in [2.24, 2.45) is 5.73 Å². The number of carbonyl (C=O) groups is 1. The Labute approximate surface area is 81.7 Å². The summed E-state index contributed by atoms with van der Waals surface area (Å²) in [5.41, 5.74) is 12.1. The molecule has 0 amide bonds. The van der Waals surface area contributed by atoms with Gasteiger partial charge in [-0.3, -0.25) is 4.79 Å². The fourth-order valence-electron chi connectivity index (χ4n) is 1.14. The molecule has 0 aliphatic carbocycles. The minimum absolute atomic E-state index is 0.0589. The monoisotopic (exact) mass is 195 g/mol. The van der Waals surface area contributed by atoms with E-state index in [1.165, 1.54) is 0 Å². The molecule has 1 atom stereocenters. The predicted molar refractivity (Wildman–Crippen MR) is 52.4 cm³/mol. The third-order valence-electron chi connectivity index (χ3n) is 1.90. The van der Waals surface area contributed by atoms with Gasteiger partial charge in [0.2, 0.25) is 0 Å². The first-order valence-corrected chi connectivity index (χ1v) is 4.28. The van der Waals surface area contributed by atoms with Gasteiger partial charge in [-0.1, -0.05) is 0 Å². The summed E-state index contributed by atoms with van der Waals surface area (Å²) < 4.78 is 0. The Morgan fingerprint density at radius 3 is 2.93 bits per heavy atom. The molecule has 1 rings (SSSR count). The lowest BCUT2D eigenvalue weighted by Crippen LogP contribution is -2.12. The normalized spacial score (nSPS) is 12.4. The lowest BCUT2D eigenvalue weighted by molar-refractivity contribution is -0.137. The fourth-order valence-corrected chi connectivity index (χ4v) is 1.14. The maximum absolute atomic E-state index is 10.3. The van der Waals surface area contributed by atoms with E-state index in [4.69, 9.17) is 16.6 Å². The number of nitrogen functional groups attached to an aromatic ring is 1. The van der Waals surface area contributed by atoms with E-state index in [0.717, 1.165) is 5.56 Å². The van der Waals surface area contributed by atoms with E-state index in [1.54, 1.807) is 18.3 Å². The highest BCUT2D eigenvalue weighted by molar-refractivity contribution is 5.66. The Balaban J connectivity index is 2.60. The molecule has 5 N–H and O–H groups in total. The van der Waals surface area contributed by atoms with Crippen molar-refractivity contribution in [3.63, 3.8) is 0 Å². The van der Waals surface area contributed by atoms with Crippen LogP contribution in [0.1, 0.15) is 24.4 Å². The Morgan fingerprint density at radius 1 is 1.64 bits per heavy atom. The van der Waals surface area contributed by atoms with Gasteiger partial charge in [0.15, 0.2) is 0 Å². The quantitative estimate of drug-likeness (QED) is 0.650. The van der Waals surface area contributed by atoms with Crippen molar-refractivity contribution in [1.29, 1.82) is 0 Å². The number of rotatable bonds is 4. The first kappa shape index (κ1) is 10.5. The van der Waals surface area contributed by atoms with Crippen LogP contribution >= 0.6 is 0 Å². The zero-order chi connectivity index (χ0) is 10.6. The number of carboxylic acids is 1. The van der Waals surface area contributed by atoms with Crippen LogP contribution in [0.15, 0.2) is 18.3 Å². The first-order chi connectivity index (χ1) is 6.59. The second kappa shape index (κ2) is 4.57. The van der Waals surface area contributed by atoms with Crippen LogP contribution in [0.3, 0.4) is 0 Å². The molecule has 14 heavy (non-hydrogen) atoms. The van der Waals surface area contributed by atoms with E-state index in [-0.39, 0.29) is 12.5 Å². The summed E-state index contributed by atoms with van der Waals surface area (Å²) in [6.07, 6.45) is 2.02. The zero-order valence-electron chi connectivity index (χ0n) is 7.68. The molecule has 0 saturated heterocycles. The molecule has 5 nitrogen and oxygen atoms in total. The van der Waals surface area contributed by atoms with Gasteiger partial charge in [-0.25, -0.2) is 4.98 Å². The average molecular weight is 195 g/mol. The molecule has 0 spiro atoms. The van der Waals surface area contributed by atoms with Crippen LogP contribution in [0.25, 0.3) is 0 Å².